The fourth-order valence-electron chi connectivity index (χ4n) is 3.21. The zero-order valence-corrected chi connectivity index (χ0v) is 18.5. The molecule has 0 saturated carbocycles. The summed E-state index contributed by atoms with van der Waals surface area (Å²) < 4.78 is 24.7. The Bertz CT molecular complexity index is 741. The topological polar surface area (TPSA) is 62.9 Å². The summed E-state index contributed by atoms with van der Waals surface area (Å²) in [4.78, 5) is 0. The van der Waals surface area contributed by atoms with Crippen molar-refractivity contribution in [3.63, 3.8) is 0 Å². The molecule has 152 valence electrons. The molecule has 2 aliphatic heterocycles. The Hall–Kier alpha value is -1.11. The third-order valence-electron chi connectivity index (χ3n) is 6.58. The van der Waals surface area contributed by atoms with Gasteiger partial charge in [-0.1, -0.05) is 30.3 Å². The standard InChI is InChI=1S/C21H33B2NO4/c1-18(2)19(3,4)26-22(25-18)16-11-9-10-15(12-16)13-17(14-24)23-27-20(5,6)21(7,8)28-23/h9-13H,14,24H2,1-8H3. The maximum Gasteiger partial charge on any atom is 0.494 e. The summed E-state index contributed by atoms with van der Waals surface area (Å²) in [6, 6.07) is 8.14. The lowest BCUT2D eigenvalue weighted by Crippen LogP contribution is -2.41. The molecule has 1 aromatic rings. The Kier molecular flexibility index (Phi) is 5.39. The molecule has 0 aliphatic carbocycles. The first-order chi connectivity index (χ1) is 12.8. The molecule has 2 fully saturated rings. The van der Waals surface area contributed by atoms with Crippen LogP contribution in [-0.4, -0.2) is 43.2 Å². The highest BCUT2D eigenvalue weighted by atomic mass is 16.7. The zero-order valence-electron chi connectivity index (χ0n) is 18.5. The largest absolute Gasteiger partial charge is 0.494 e. The minimum absolute atomic E-state index is 0.359. The highest BCUT2D eigenvalue weighted by Crippen LogP contribution is 2.39. The second-order valence-electron chi connectivity index (χ2n) is 9.77. The number of hydrogen-bond acceptors (Lipinski definition) is 5. The third-order valence-corrected chi connectivity index (χ3v) is 6.58. The summed E-state index contributed by atoms with van der Waals surface area (Å²) in [5.74, 6) is 0. The highest BCUT2D eigenvalue weighted by Gasteiger charge is 2.53. The third kappa shape index (κ3) is 3.83. The Balaban J connectivity index is 1.84. The second kappa shape index (κ2) is 6.99. The van der Waals surface area contributed by atoms with Gasteiger partial charge in [-0.05, 0) is 71.9 Å². The number of rotatable bonds is 4. The fourth-order valence-corrected chi connectivity index (χ4v) is 3.21. The van der Waals surface area contributed by atoms with Crippen molar-refractivity contribution in [3.05, 3.63) is 35.3 Å². The van der Waals surface area contributed by atoms with E-state index in [4.69, 9.17) is 24.4 Å². The molecule has 3 rings (SSSR count). The van der Waals surface area contributed by atoms with E-state index in [1.54, 1.807) is 0 Å². The molecule has 0 amide bonds. The number of nitrogens with two attached hydrogens (primary N) is 1. The van der Waals surface area contributed by atoms with E-state index in [0.29, 0.717) is 6.54 Å². The van der Waals surface area contributed by atoms with Gasteiger partial charge in [-0.15, -0.1) is 0 Å². The highest BCUT2D eigenvalue weighted by molar-refractivity contribution is 6.62. The van der Waals surface area contributed by atoms with Crippen LogP contribution in [0.2, 0.25) is 0 Å². The maximum absolute atomic E-state index is 6.17. The second-order valence-corrected chi connectivity index (χ2v) is 9.77. The maximum atomic E-state index is 6.17. The fraction of sp³-hybridized carbons (Fsp3) is 0.619. The Morgan fingerprint density at radius 1 is 0.857 bits per heavy atom. The van der Waals surface area contributed by atoms with E-state index in [1.165, 1.54) is 0 Å². The number of hydrogen-bond donors (Lipinski definition) is 1. The van der Waals surface area contributed by atoms with Crippen molar-refractivity contribution in [2.75, 3.05) is 6.54 Å². The summed E-state index contributed by atoms with van der Waals surface area (Å²) >= 11 is 0. The van der Waals surface area contributed by atoms with Crippen LogP contribution >= 0.6 is 0 Å². The van der Waals surface area contributed by atoms with Gasteiger partial charge >= 0.3 is 14.2 Å². The van der Waals surface area contributed by atoms with Gasteiger partial charge in [0.1, 0.15) is 0 Å². The Morgan fingerprint density at radius 3 is 1.86 bits per heavy atom. The first kappa shape index (κ1) is 21.6. The van der Waals surface area contributed by atoms with Crippen LogP contribution in [0.4, 0.5) is 0 Å². The monoisotopic (exact) mass is 385 g/mol. The first-order valence-corrected chi connectivity index (χ1v) is 10.00. The van der Waals surface area contributed by atoms with E-state index < -0.39 is 25.4 Å². The van der Waals surface area contributed by atoms with Crippen LogP contribution in [0.3, 0.4) is 0 Å². The molecule has 0 radical (unpaired) electrons. The van der Waals surface area contributed by atoms with Gasteiger partial charge in [0.05, 0.1) is 22.4 Å². The Morgan fingerprint density at radius 2 is 1.36 bits per heavy atom. The van der Waals surface area contributed by atoms with Crippen molar-refractivity contribution in [2.45, 2.75) is 77.8 Å². The zero-order chi connectivity index (χ0) is 21.0. The summed E-state index contributed by atoms with van der Waals surface area (Å²) in [5, 5.41) is 0. The molecule has 0 atom stereocenters. The van der Waals surface area contributed by atoms with Gasteiger partial charge in [-0.2, -0.15) is 0 Å². The number of benzene rings is 1. The van der Waals surface area contributed by atoms with Crippen molar-refractivity contribution < 1.29 is 18.6 Å². The predicted molar refractivity (Wildman–Crippen MR) is 115 cm³/mol. The van der Waals surface area contributed by atoms with Crippen LogP contribution < -0.4 is 11.2 Å². The first-order valence-electron chi connectivity index (χ1n) is 10.00. The average molecular weight is 385 g/mol. The molecule has 5 nitrogen and oxygen atoms in total. The van der Waals surface area contributed by atoms with Crippen molar-refractivity contribution >= 4 is 25.8 Å². The van der Waals surface area contributed by atoms with Gasteiger partial charge in [0.25, 0.3) is 0 Å². The molecule has 2 heterocycles. The van der Waals surface area contributed by atoms with Gasteiger partial charge in [-0.25, -0.2) is 0 Å². The molecule has 7 heteroatoms. The van der Waals surface area contributed by atoms with Crippen LogP contribution in [0.15, 0.2) is 29.7 Å². The molecular formula is C21H33B2NO4. The average Bonchev–Trinajstić information content (AvgIpc) is 2.92. The van der Waals surface area contributed by atoms with E-state index in [9.17, 15) is 0 Å². The molecular weight excluding hydrogens is 352 g/mol. The van der Waals surface area contributed by atoms with Crippen molar-refractivity contribution in [1.82, 2.24) is 0 Å². The minimum atomic E-state index is -0.449. The van der Waals surface area contributed by atoms with Crippen molar-refractivity contribution in [2.24, 2.45) is 5.73 Å². The molecule has 2 N–H and O–H groups in total. The van der Waals surface area contributed by atoms with Crippen LogP contribution in [0.25, 0.3) is 6.08 Å². The molecule has 0 aromatic heterocycles. The lowest BCUT2D eigenvalue weighted by molar-refractivity contribution is 0.00578. The van der Waals surface area contributed by atoms with E-state index >= 15 is 0 Å². The summed E-state index contributed by atoms with van der Waals surface area (Å²) in [6.45, 7) is 16.8. The molecule has 0 unspecified atom stereocenters. The summed E-state index contributed by atoms with van der Waals surface area (Å²) in [7, 11) is -0.841. The normalized spacial score (nSPS) is 25.4. The molecule has 28 heavy (non-hydrogen) atoms. The summed E-state index contributed by atoms with van der Waals surface area (Å²) in [5.41, 5.74) is 7.42. The van der Waals surface area contributed by atoms with Gasteiger partial charge in [-0.3, -0.25) is 0 Å². The van der Waals surface area contributed by atoms with Gasteiger partial charge in [0, 0.05) is 6.54 Å². The molecule has 1 aromatic carbocycles. The van der Waals surface area contributed by atoms with Crippen LogP contribution in [0, 0.1) is 0 Å². The molecule has 0 bridgehead atoms. The van der Waals surface area contributed by atoms with Gasteiger partial charge in [0.2, 0.25) is 0 Å². The van der Waals surface area contributed by atoms with E-state index in [2.05, 4.69) is 33.8 Å². The molecule has 2 aliphatic rings. The predicted octanol–water partition coefficient (Wildman–Crippen LogP) is 2.96. The van der Waals surface area contributed by atoms with E-state index in [1.807, 2.05) is 52.0 Å². The van der Waals surface area contributed by atoms with Crippen molar-refractivity contribution in [1.29, 1.82) is 0 Å². The Labute approximate surface area is 170 Å². The molecule has 0 spiro atoms. The molecule has 2 saturated heterocycles. The van der Waals surface area contributed by atoms with Crippen LogP contribution in [0.5, 0.6) is 0 Å². The smallest absolute Gasteiger partial charge is 0.400 e. The van der Waals surface area contributed by atoms with E-state index in [-0.39, 0.29) is 11.2 Å². The SMILES string of the molecule is CC1(C)OB(C(=Cc2cccc(B3OC(C)(C)C(C)(C)O3)c2)CN)OC1(C)C. The quantitative estimate of drug-likeness (QED) is 0.808. The van der Waals surface area contributed by atoms with Gasteiger partial charge < -0.3 is 24.4 Å². The van der Waals surface area contributed by atoms with Crippen molar-refractivity contribution in [3.8, 4) is 0 Å². The van der Waals surface area contributed by atoms with Gasteiger partial charge in [0.15, 0.2) is 0 Å². The lowest BCUT2D eigenvalue weighted by atomic mass is 9.75. The summed E-state index contributed by atoms with van der Waals surface area (Å²) in [6.07, 6.45) is 2.04. The minimum Gasteiger partial charge on any atom is -0.400 e. The van der Waals surface area contributed by atoms with Crippen LogP contribution in [0.1, 0.15) is 61.0 Å². The van der Waals surface area contributed by atoms with Crippen LogP contribution in [-0.2, 0) is 18.6 Å². The lowest BCUT2D eigenvalue weighted by Gasteiger charge is -2.32. The van der Waals surface area contributed by atoms with E-state index in [0.717, 1.165) is 16.5 Å².